The van der Waals surface area contributed by atoms with Gasteiger partial charge in [-0.1, -0.05) is 13.8 Å². The van der Waals surface area contributed by atoms with Gasteiger partial charge in [0.25, 0.3) is 0 Å². The van der Waals surface area contributed by atoms with Gasteiger partial charge < -0.3 is 4.90 Å². The number of nitrogens with zero attached hydrogens (tertiary/aromatic N) is 2. The van der Waals surface area contributed by atoms with Crippen molar-refractivity contribution in [2.45, 2.75) is 46.6 Å². The molecule has 2 fully saturated rings. The minimum atomic E-state index is 0.151. The number of amides is 1. The molecule has 0 saturated carbocycles. The molecule has 98 valence electrons. The number of hydrogen-bond donors (Lipinski definition) is 0. The normalized spacial score (nSPS) is 24.5. The topological polar surface area (TPSA) is 23.6 Å². The van der Waals surface area contributed by atoms with E-state index in [1.54, 1.807) is 0 Å². The Bertz CT molecular complexity index is 283. The van der Waals surface area contributed by atoms with E-state index >= 15 is 0 Å². The van der Waals surface area contributed by atoms with Crippen LogP contribution in [0.5, 0.6) is 0 Å². The van der Waals surface area contributed by atoms with E-state index < -0.39 is 0 Å². The molecule has 2 heterocycles. The summed E-state index contributed by atoms with van der Waals surface area (Å²) in [4.78, 5) is 16.5. The zero-order valence-electron chi connectivity index (χ0n) is 11.7. The van der Waals surface area contributed by atoms with Crippen LogP contribution in [0.15, 0.2) is 0 Å². The van der Waals surface area contributed by atoms with Crippen molar-refractivity contribution in [1.82, 2.24) is 9.80 Å². The fourth-order valence-corrected chi connectivity index (χ4v) is 3.06. The molecule has 0 aromatic heterocycles. The SMILES string of the molecule is CC(C)C(=O)N1CCC2(CC1)CN(C(C)C)C2. The van der Waals surface area contributed by atoms with Crippen LogP contribution in [0.4, 0.5) is 0 Å². The Morgan fingerprint density at radius 2 is 1.59 bits per heavy atom. The van der Waals surface area contributed by atoms with Crippen LogP contribution < -0.4 is 0 Å². The second-order valence-electron chi connectivity index (χ2n) is 6.48. The number of rotatable bonds is 2. The van der Waals surface area contributed by atoms with Gasteiger partial charge in [-0.25, -0.2) is 0 Å². The maximum absolute atomic E-state index is 11.9. The maximum Gasteiger partial charge on any atom is 0.225 e. The molecule has 0 bridgehead atoms. The lowest BCUT2D eigenvalue weighted by Gasteiger charge is -2.55. The largest absolute Gasteiger partial charge is 0.342 e. The zero-order chi connectivity index (χ0) is 12.6. The molecule has 0 aliphatic carbocycles. The molecule has 0 radical (unpaired) electrons. The van der Waals surface area contributed by atoms with Gasteiger partial charge in [-0.15, -0.1) is 0 Å². The molecular formula is C14H26N2O. The van der Waals surface area contributed by atoms with Gasteiger partial charge in [0.15, 0.2) is 0 Å². The second kappa shape index (κ2) is 4.60. The Kier molecular flexibility index (Phi) is 3.48. The van der Waals surface area contributed by atoms with Crippen LogP contribution >= 0.6 is 0 Å². The summed E-state index contributed by atoms with van der Waals surface area (Å²) in [6.07, 6.45) is 2.41. The molecule has 0 unspecified atom stereocenters. The first-order chi connectivity index (χ1) is 7.93. The van der Waals surface area contributed by atoms with E-state index in [-0.39, 0.29) is 5.92 Å². The number of carbonyl (C=O) groups is 1. The average Bonchev–Trinajstić information content (AvgIpc) is 2.24. The van der Waals surface area contributed by atoms with Crippen molar-refractivity contribution < 1.29 is 4.79 Å². The van der Waals surface area contributed by atoms with Gasteiger partial charge >= 0.3 is 0 Å². The van der Waals surface area contributed by atoms with Crippen LogP contribution in [0.1, 0.15) is 40.5 Å². The first kappa shape index (κ1) is 12.9. The molecule has 17 heavy (non-hydrogen) atoms. The van der Waals surface area contributed by atoms with Crippen LogP contribution in [0.25, 0.3) is 0 Å². The third kappa shape index (κ3) is 2.49. The molecule has 0 atom stereocenters. The Hall–Kier alpha value is -0.570. The van der Waals surface area contributed by atoms with Crippen LogP contribution in [0.2, 0.25) is 0 Å². The van der Waals surface area contributed by atoms with E-state index in [0.717, 1.165) is 13.1 Å². The molecule has 0 N–H and O–H groups in total. The monoisotopic (exact) mass is 238 g/mol. The summed E-state index contributed by atoms with van der Waals surface area (Å²) in [5.41, 5.74) is 0.540. The van der Waals surface area contributed by atoms with Gasteiger partial charge in [0.05, 0.1) is 0 Å². The van der Waals surface area contributed by atoms with Crippen LogP contribution in [-0.4, -0.2) is 47.9 Å². The smallest absolute Gasteiger partial charge is 0.225 e. The van der Waals surface area contributed by atoms with Gasteiger partial charge in [0.2, 0.25) is 5.91 Å². The molecule has 2 aliphatic heterocycles. The van der Waals surface area contributed by atoms with Crippen LogP contribution in [0, 0.1) is 11.3 Å². The Balaban J connectivity index is 1.82. The lowest BCUT2D eigenvalue weighted by atomic mass is 9.71. The average molecular weight is 238 g/mol. The lowest BCUT2D eigenvalue weighted by molar-refractivity contribution is -0.140. The number of hydrogen-bond acceptors (Lipinski definition) is 2. The first-order valence-corrected chi connectivity index (χ1v) is 6.96. The predicted molar refractivity (Wildman–Crippen MR) is 69.8 cm³/mol. The van der Waals surface area contributed by atoms with Gasteiger partial charge in [0, 0.05) is 38.1 Å². The summed E-state index contributed by atoms with van der Waals surface area (Å²) in [6, 6.07) is 0.677. The minimum Gasteiger partial charge on any atom is -0.342 e. The van der Waals surface area contributed by atoms with E-state index in [1.165, 1.54) is 25.9 Å². The van der Waals surface area contributed by atoms with E-state index in [1.807, 2.05) is 13.8 Å². The van der Waals surface area contributed by atoms with Crippen molar-refractivity contribution in [2.75, 3.05) is 26.2 Å². The van der Waals surface area contributed by atoms with Crippen molar-refractivity contribution in [3.05, 3.63) is 0 Å². The van der Waals surface area contributed by atoms with Crippen molar-refractivity contribution >= 4 is 5.91 Å². The van der Waals surface area contributed by atoms with Crippen molar-refractivity contribution in [2.24, 2.45) is 11.3 Å². The van der Waals surface area contributed by atoms with E-state index in [4.69, 9.17) is 0 Å². The van der Waals surface area contributed by atoms with Gasteiger partial charge in [-0.3, -0.25) is 9.69 Å². The molecule has 0 aromatic carbocycles. The van der Waals surface area contributed by atoms with Gasteiger partial charge in [0.1, 0.15) is 0 Å². The maximum atomic E-state index is 11.9. The third-order valence-electron chi connectivity index (χ3n) is 4.44. The molecule has 2 saturated heterocycles. The molecule has 3 nitrogen and oxygen atoms in total. The summed E-state index contributed by atoms with van der Waals surface area (Å²) < 4.78 is 0. The van der Waals surface area contributed by atoms with Crippen LogP contribution in [0.3, 0.4) is 0 Å². The highest BCUT2D eigenvalue weighted by Gasteiger charge is 2.45. The molecular weight excluding hydrogens is 212 g/mol. The summed E-state index contributed by atoms with van der Waals surface area (Å²) >= 11 is 0. The molecule has 1 amide bonds. The highest BCUT2D eigenvalue weighted by molar-refractivity contribution is 5.78. The summed E-state index contributed by atoms with van der Waals surface area (Å²) in [7, 11) is 0. The Morgan fingerprint density at radius 3 is 2.00 bits per heavy atom. The van der Waals surface area contributed by atoms with Crippen molar-refractivity contribution in [1.29, 1.82) is 0 Å². The quantitative estimate of drug-likeness (QED) is 0.734. The number of carbonyl (C=O) groups excluding carboxylic acids is 1. The molecule has 1 spiro atoms. The zero-order valence-corrected chi connectivity index (χ0v) is 11.7. The Labute approximate surface area is 105 Å². The highest BCUT2D eigenvalue weighted by atomic mass is 16.2. The van der Waals surface area contributed by atoms with Crippen LogP contribution in [-0.2, 0) is 4.79 Å². The van der Waals surface area contributed by atoms with E-state index in [2.05, 4.69) is 23.6 Å². The van der Waals surface area contributed by atoms with Crippen molar-refractivity contribution in [3.8, 4) is 0 Å². The molecule has 2 aliphatic rings. The minimum absolute atomic E-state index is 0.151. The summed E-state index contributed by atoms with van der Waals surface area (Å²) in [6.45, 7) is 13.0. The predicted octanol–water partition coefficient (Wildman–Crippen LogP) is 1.98. The molecule has 2 rings (SSSR count). The standard InChI is InChI=1S/C14H26N2O/c1-11(2)13(17)15-7-5-14(6-8-15)9-16(10-14)12(3)4/h11-12H,5-10H2,1-4H3. The van der Waals surface area contributed by atoms with Crippen molar-refractivity contribution in [3.63, 3.8) is 0 Å². The number of likely N-dealkylation sites (tertiary alicyclic amines) is 2. The third-order valence-corrected chi connectivity index (χ3v) is 4.44. The van der Waals surface area contributed by atoms with Gasteiger partial charge in [-0.2, -0.15) is 0 Å². The summed E-state index contributed by atoms with van der Waals surface area (Å²) in [5, 5.41) is 0. The second-order valence-corrected chi connectivity index (χ2v) is 6.48. The Morgan fingerprint density at radius 1 is 1.06 bits per heavy atom. The summed E-state index contributed by atoms with van der Waals surface area (Å²) in [5.74, 6) is 0.484. The fourth-order valence-electron chi connectivity index (χ4n) is 3.06. The molecule has 0 aromatic rings. The van der Waals surface area contributed by atoms with Gasteiger partial charge in [-0.05, 0) is 32.1 Å². The fraction of sp³-hybridized carbons (Fsp3) is 0.929. The molecule has 3 heteroatoms. The first-order valence-electron chi connectivity index (χ1n) is 6.96. The lowest BCUT2D eigenvalue weighted by Crippen LogP contribution is -2.62. The highest BCUT2D eigenvalue weighted by Crippen LogP contribution is 2.41. The van der Waals surface area contributed by atoms with E-state index in [0.29, 0.717) is 17.4 Å². The number of piperidine rings is 1. The van der Waals surface area contributed by atoms with E-state index in [9.17, 15) is 4.79 Å².